The number of hydrogen-bond acceptors (Lipinski definition) is 2. The van der Waals surface area contributed by atoms with E-state index in [9.17, 15) is 8.78 Å². The van der Waals surface area contributed by atoms with Gasteiger partial charge in [0.15, 0.2) is 0 Å². The molecule has 0 aliphatic heterocycles. The normalized spacial score (nSPS) is 10.9. The largest absolute Gasteiger partial charge is 0.313 e. The second-order valence-corrected chi connectivity index (χ2v) is 4.22. The van der Waals surface area contributed by atoms with Crippen LogP contribution in [0.3, 0.4) is 0 Å². The Bertz CT molecular complexity index is 292. The van der Waals surface area contributed by atoms with Crippen molar-refractivity contribution in [2.75, 3.05) is 12.3 Å². The lowest BCUT2D eigenvalue weighted by atomic mass is 10.2. The van der Waals surface area contributed by atoms with E-state index in [4.69, 9.17) is 0 Å². The van der Waals surface area contributed by atoms with Crippen LogP contribution in [0.5, 0.6) is 0 Å². The van der Waals surface area contributed by atoms with Gasteiger partial charge in [-0.3, -0.25) is 0 Å². The molecule has 4 heteroatoms. The first-order valence-electron chi connectivity index (χ1n) is 4.93. The smallest absolute Gasteiger partial charge is 0.247 e. The molecule has 0 heterocycles. The van der Waals surface area contributed by atoms with Crippen LogP contribution >= 0.6 is 11.8 Å². The number of nitrogens with one attached hydrogen (secondary N) is 1. The predicted molar refractivity (Wildman–Crippen MR) is 60.6 cm³/mol. The highest BCUT2D eigenvalue weighted by Crippen LogP contribution is 2.21. The summed E-state index contributed by atoms with van der Waals surface area (Å²) in [4.78, 5) is 0.908. The lowest BCUT2D eigenvalue weighted by Crippen LogP contribution is -2.11. The molecule has 0 aliphatic rings. The lowest BCUT2D eigenvalue weighted by molar-refractivity contribution is 0.177. The molecule has 1 nitrogen and oxygen atoms in total. The van der Waals surface area contributed by atoms with Gasteiger partial charge in [-0.1, -0.05) is 19.1 Å². The third-order valence-corrected chi connectivity index (χ3v) is 2.86. The minimum absolute atomic E-state index is 0.134. The number of thioether (sulfide) groups is 1. The monoisotopic (exact) mass is 231 g/mol. The van der Waals surface area contributed by atoms with Crippen molar-refractivity contribution >= 4 is 11.8 Å². The standard InChI is InChI=1S/C11H15F2NS/c1-2-14-7-9-4-3-5-10(6-9)15-8-11(12)13/h3-6,11,14H,2,7-8H2,1H3. The minimum atomic E-state index is -2.24. The Morgan fingerprint density at radius 2 is 2.20 bits per heavy atom. The van der Waals surface area contributed by atoms with Crippen molar-refractivity contribution < 1.29 is 8.78 Å². The Morgan fingerprint density at radius 3 is 2.87 bits per heavy atom. The fourth-order valence-electron chi connectivity index (χ4n) is 1.17. The van der Waals surface area contributed by atoms with Crippen LogP contribution < -0.4 is 5.32 Å². The van der Waals surface area contributed by atoms with E-state index in [1.807, 2.05) is 31.2 Å². The molecule has 0 bridgehead atoms. The van der Waals surface area contributed by atoms with Crippen molar-refractivity contribution in [3.8, 4) is 0 Å². The summed E-state index contributed by atoms with van der Waals surface area (Å²) in [6, 6.07) is 7.72. The molecule has 84 valence electrons. The van der Waals surface area contributed by atoms with Gasteiger partial charge in [0.25, 0.3) is 0 Å². The zero-order valence-corrected chi connectivity index (χ0v) is 9.49. The van der Waals surface area contributed by atoms with Crippen LogP contribution in [0.4, 0.5) is 8.78 Å². The van der Waals surface area contributed by atoms with Crippen LogP contribution in [0, 0.1) is 0 Å². The van der Waals surface area contributed by atoms with Crippen LogP contribution in [0.15, 0.2) is 29.2 Å². The number of rotatable bonds is 6. The molecule has 0 radical (unpaired) electrons. The van der Waals surface area contributed by atoms with Gasteiger partial charge in [0.1, 0.15) is 0 Å². The van der Waals surface area contributed by atoms with Crippen molar-refractivity contribution in [1.82, 2.24) is 5.32 Å². The first kappa shape index (κ1) is 12.5. The molecule has 0 saturated heterocycles. The molecule has 0 saturated carbocycles. The maximum Gasteiger partial charge on any atom is 0.247 e. The van der Waals surface area contributed by atoms with Gasteiger partial charge in [-0.2, -0.15) is 0 Å². The predicted octanol–water partition coefficient (Wildman–Crippen LogP) is 3.15. The van der Waals surface area contributed by atoms with E-state index in [0.717, 1.165) is 23.5 Å². The van der Waals surface area contributed by atoms with E-state index >= 15 is 0 Å². The second kappa shape index (κ2) is 6.80. The third kappa shape index (κ3) is 5.14. The Labute approximate surface area is 93.3 Å². The van der Waals surface area contributed by atoms with Gasteiger partial charge in [0.2, 0.25) is 6.43 Å². The summed E-state index contributed by atoms with van der Waals surface area (Å²) in [5.74, 6) is -0.134. The number of benzene rings is 1. The summed E-state index contributed by atoms with van der Waals surface area (Å²) in [5.41, 5.74) is 1.14. The zero-order chi connectivity index (χ0) is 11.1. The minimum Gasteiger partial charge on any atom is -0.313 e. The van der Waals surface area contributed by atoms with Crippen molar-refractivity contribution in [3.05, 3.63) is 29.8 Å². The number of alkyl halides is 2. The highest BCUT2D eigenvalue weighted by atomic mass is 32.2. The molecule has 1 aromatic carbocycles. The SMILES string of the molecule is CCNCc1cccc(SCC(F)F)c1. The van der Waals surface area contributed by atoms with E-state index in [-0.39, 0.29) is 5.75 Å². The Morgan fingerprint density at radius 1 is 1.40 bits per heavy atom. The molecule has 1 N–H and O–H groups in total. The van der Waals surface area contributed by atoms with Gasteiger partial charge in [-0.05, 0) is 24.2 Å². The lowest BCUT2D eigenvalue weighted by Gasteiger charge is -2.05. The van der Waals surface area contributed by atoms with Gasteiger partial charge in [-0.25, -0.2) is 8.78 Å². The van der Waals surface area contributed by atoms with Crippen molar-refractivity contribution in [2.24, 2.45) is 0 Å². The van der Waals surface area contributed by atoms with Crippen LogP contribution in [-0.4, -0.2) is 18.7 Å². The van der Waals surface area contributed by atoms with Gasteiger partial charge >= 0.3 is 0 Å². The molecule has 0 spiro atoms. The third-order valence-electron chi connectivity index (χ3n) is 1.85. The van der Waals surface area contributed by atoms with E-state index in [2.05, 4.69) is 5.32 Å². The van der Waals surface area contributed by atoms with Crippen molar-refractivity contribution in [1.29, 1.82) is 0 Å². The Balaban J connectivity index is 2.50. The average molecular weight is 231 g/mol. The first-order chi connectivity index (χ1) is 7.22. The molecule has 0 aromatic heterocycles. The maximum absolute atomic E-state index is 12.0. The van der Waals surface area contributed by atoms with Crippen LogP contribution in [0.25, 0.3) is 0 Å². The molecule has 0 fully saturated rings. The highest BCUT2D eigenvalue weighted by molar-refractivity contribution is 7.99. The van der Waals surface area contributed by atoms with Crippen molar-refractivity contribution in [2.45, 2.75) is 24.8 Å². The summed E-state index contributed by atoms with van der Waals surface area (Å²) in [6.07, 6.45) is -2.24. The molecule has 0 unspecified atom stereocenters. The van der Waals surface area contributed by atoms with E-state index in [1.54, 1.807) is 0 Å². The average Bonchev–Trinajstić information content (AvgIpc) is 2.24. The van der Waals surface area contributed by atoms with Crippen molar-refractivity contribution in [3.63, 3.8) is 0 Å². The Hall–Kier alpha value is -0.610. The molecule has 0 atom stereocenters. The molecule has 15 heavy (non-hydrogen) atoms. The van der Waals surface area contributed by atoms with Crippen LogP contribution in [-0.2, 0) is 6.54 Å². The summed E-state index contributed by atoms with van der Waals surface area (Å²) in [6.45, 7) is 3.74. The topological polar surface area (TPSA) is 12.0 Å². The number of halogens is 2. The molecule has 1 aromatic rings. The zero-order valence-electron chi connectivity index (χ0n) is 8.67. The molecule has 0 amide bonds. The fourth-order valence-corrected chi connectivity index (χ4v) is 1.90. The quantitative estimate of drug-likeness (QED) is 0.755. The Kier molecular flexibility index (Phi) is 5.65. The summed E-state index contributed by atoms with van der Waals surface area (Å²) < 4.78 is 24.0. The first-order valence-corrected chi connectivity index (χ1v) is 5.91. The molecular formula is C11H15F2NS. The maximum atomic E-state index is 12.0. The van der Waals surface area contributed by atoms with Gasteiger partial charge < -0.3 is 5.32 Å². The van der Waals surface area contributed by atoms with Gasteiger partial charge in [0.05, 0.1) is 5.75 Å². The van der Waals surface area contributed by atoms with Crippen LogP contribution in [0.2, 0.25) is 0 Å². The summed E-state index contributed by atoms with van der Waals surface area (Å²) in [7, 11) is 0. The van der Waals surface area contributed by atoms with E-state index in [0.29, 0.717) is 0 Å². The van der Waals surface area contributed by atoms with Crippen LogP contribution in [0.1, 0.15) is 12.5 Å². The summed E-state index contributed by atoms with van der Waals surface area (Å²) in [5, 5.41) is 3.20. The summed E-state index contributed by atoms with van der Waals surface area (Å²) >= 11 is 1.20. The fraction of sp³-hybridized carbons (Fsp3) is 0.455. The molecule has 0 aliphatic carbocycles. The van der Waals surface area contributed by atoms with Gasteiger partial charge in [-0.15, -0.1) is 11.8 Å². The van der Waals surface area contributed by atoms with E-state index in [1.165, 1.54) is 11.8 Å². The van der Waals surface area contributed by atoms with Gasteiger partial charge in [0, 0.05) is 11.4 Å². The van der Waals surface area contributed by atoms with E-state index < -0.39 is 6.43 Å². The highest BCUT2D eigenvalue weighted by Gasteiger charge is 2.03. The number of hydrogen-bond donors (Lipinski definition) is 1. The second-order valence-electron chi connectivity index (χ2n) is 3.13. The molecule has 1 rings (SSSR count). The molecular weight excluding hydrogens is 216 g/mol.